The van der Waals surface area contributed by atoms with Crippen molar-refractivity contribution < 1.29 is 14.3 Å². The van der Waals surface area contributed by atoms with Crippen LogP contribution in [0, 0.1) is 12.8 Å². The van der Waals surface area contributed by atoms with E-state index in [1.807, 2.05) is 0 Å². The second-order valence-electron chi connectivity index (χ2n) is 8.82. The molecule has 0 bridgehead atoms. The molecule has 2 aliphatic heterocycles. The standard InChI is InChI=1S/C25H40N4O3/c1-4-22(29-13-6-7-24(29)30)10-12-27-25(26-5-2)28-16-21-9-8-19(3)15-23(21)32-18-20-11-14-31-17-20/h8-9,15,20,22H,4-7,10-14,16-18H2,1-3H3,(H2,26,27,28). The molecule has 0 aromatic heterocycles. The highest BCUT2D eigenvalue weighted by Crippen LogP contribution is 2.23. The van der Waals surface area contributed by atoms with Gasteiger partial charge in [-0.3, -0.25) is 4.79 Å². The highest BCUT2D eigenvalue weighted by Gasteiger charge is 2.26. The molecular weight excluding hydrogens is 404 g/mol. The Kier molecular flexibility index (Phi) is 9.65. The maximum Gasteiger partial charge on any atom is 0.222 e. The average Bonchev–Trinajstić information content (AvgIpc) is 3.46. The van der Waals surface area contributed by atoms with Crippen LogP contribution in [0.25, 0.3) is 0 Å². The van der Waals surface area contributed by atoms with Gasteiger partial charge in [-0.05, 0) is 51.2 Å². The number of hydrogen-bond acceptors (Lipinski definition) is 4. The van der Waals surface area contributed by atoms with Crippen LogP contribution in [0.4, 0.5) is 0 Å². The molecule has 1 aromatic rings. The number of benzene rings is 1. The Morgan fingerprint density at radius 2 is 2.22 bits per heavy atom. The number of aryl methyl sites for hydroxylation is 1. The van der Waals surface area contributed by atoms with Gasteiger partial charge in [-0.15, -0.1) is 0 Å². The Hall–Kier alpha value is -2.28. The van der Waals surface area contributed by atoms with Crippen LogP contribution in [0.15, 0.2) is 23.2 Å². The number of carbonyl (C=O) groups is 1. The smallest absolute Gasteiger partial charge is 0.222 e. The second-order valence-corrected chi connectivity index (χ2v) is 8.82. The van der Waals surface area contributed by atoms with E-state index in [4.69, 9.17) is 14.5 Å². The molecule has 0 spiro atoms. The van der Waals surface area contributed by atoms with Crippen molar-refractivity contribution in [1.29, 1.82) is 0 Å². The Morgan fingerprint density at radius 1 is 1.34 bits per heavy atom. The summed E-state index contributed by atoms with van der Waals surface area (Å²) in [5.74, 6) is 2.48. The minimum Gasteiger partial charge on any atom is -0.493 e. The van der Waals surface area contributed by atoms with Gasteiger partial charge in [0.05, 0.1) is 19.8 Å². The number of rotatable bonds is 11. The zero-order valence-electron chi connectivity index (χ0n) is 20.0. The first kappa shape index (κ1) is 24.4. The average molecular weight is 445 g/mol. The van der Waals surface area contributed by atoms with Gasteiger partial charge in [0, 0.05) is 50.2 Å². The fourth-order valence-corrected chi connectivity index (χ4v) is 4.35. The van der Waals surface area contributed by atoms with Crippen LogP contribution >= 0.6 is 0 Å². The van der Waals surface area contributed by atoms with Crippen LogP contribution in [0.5, 0.6) is 5.75 Å². The normalized spacial score (nSPS) is 20.0. The molecule has 178 valence electrons. The van der Waals surface area contributed by atoms with Crippen molar-refractivity contribution in [3.8, 4) is 5.75 Å². The molecule has 2 saturated heterocycles. The minimum absolute atomic E-state index is 0.300. The first-order valence-corrected chi connectivity index (χ1v) is 12.2. The van der Waals surface area contributed by atoms with Crippen molar-refractivity contribution in [3.05, 3.63) is 29.3 Å². The predicted octanol–water partition coefficient (Wildman–Crippen LogP) is 3.26. The molecule has 2 heterocycles. The number of hydrogen-bond donors (Lipinski definition) is 2. The van der Waals surface area contributed by atoms with Crippen molar-refractivity contribution in [2.24, 2.45) is 10.9 Å². The number of likely N-dealkylation sites (tertiary alicyclic amines) is 1. The van der Waals surface area contributed by atoms with E-state index < -0.39 is 0 Å². The van der Waals surface area contributed by atoms with E-state index in [2.05, 4.69) is 54.5 Å². The van der Waals surface area contributed by atoms with E-state index in [1.165, 1.54) is 5.56 Å². The molecule has 32 heavy (non-hydrogen) atoms. The number of aliphatic imine (C=N–C) groups is 1. The van der Waals surface area contributed by atoms with Crippen LogP contribution in [-0.4, -0.2) is 62.3 Å². The molecular formula is C25H40N4O3. The van der Waals surface area contributed by atoms with Crippen LogP contribution in [-0.2, 0) is 16.1 Å². The molecule has 2 atom stereocenters. The lowest BCUT2D eigenvalue weighted by molar-refractivity contribution is -0.129. The molecule has 2 N–H and O–H groups in total. The summed E-state index contributed by atoms with van der Waals surface area (Å²) in [6.07, 6.45) is 4.66. The number of amides is 1. The Morgan fingerprint density at radius 3 is 2.91 bits per heavy atom. The number of nitrogens with zero attached hydrogens (tertiary/aromatic N) is 2. The van der Waals surface area contributed by atoms with Gasteiger partial charge < -0.3 is 25.0 Å². The fraction of sp³-hybridized carbons (Fsp3) is 0.680. The second kappa shape index (κ2) is 12.7. The van der Waals surface area contributed by atoms with Crippen molar-refractivity contribution in [2.75, 3.05) is 39.5 Å². The molecule has 0 radical (unpaired) electrons. The molecule has 2 unspecified atom stereocenters. The lowest BCUT2D eigenvalue weighted by atomic mass is 10.1. The summed E-state index contributed by atoms with van der Waals surface area (Å²) in [7, 11) is 0. The quantitative estimate of drug-likeness (QED) is 0.405. The van der Waals surface area contributed by atoms with E-state index in [0.29, 0.717) is 37.4 Å². The summed E-state index contributed by atoms with van der Waals surface area (Å²) in [6.45, 7) is 11.6. The molecule has 0 aliphatic carbocycles. The highest BCUT2D eigenvalue weighted by atomic mass is 16.5. The molecule has 7 heteroatoms. The van der Waals surface area contributed by atoms with Crippen LogP contribution in [0.3, 0.4) is 0 Å². The van der Waals surface area contributed by atoms with Gasteiger partial charge in [0.2, 0.25) is 5.91 Å². The fourth-order valence-electron chi connectivity index (χ4n) is 4.35. The van der Waals surface area contributed by atoms with Crippen LogP contribution in [0.1, 0.15) is 57.1 Å². The van der Waals surface area contributed by atoms with Crippen molar-refractivity contribution in [3.63, 3.8) is 0 Å². The van der Waals surface area contributed by atoms with Gasteiger partial charge in [-0.1, -0.05) is 19.1 Å². The first-order chi connectivity index (χ1) is 15.6. The number of guanidine groups is 1. The zero-order chi connectivity index (χ0) is 22.8. The topological polar surface area (TPSA) is 75.2 Å². The van der Waals surface area contributed by atoms with Gasteiger partial charge in [-0.2, -0.15) is 0 Å². The van der Waals surface area contributed by atoms with Gasteiger partial charge >= 0.3 is 0 Å². The van der Waals surface area contributed by atoms with E-state index >= 15 is 0 Å². The SMILES string of the molecule is CCNC(=NCc1ccc(C)cc1OCC1CCOC1)NCCC(CC)N1CCCC1=O. The largest absolute Gasteiger partial charge is 0.493 e. The van der Waals surface area contributed by atoms with Gasteiger partial charge in [0.1, 0.15) is 5.75 Å². The van der Waals surface area contributed by atoms with E-state index in [1.54, 1.807) is 0 Å². The van der Waals surface area contributed by atoms with Crippen molar-refractivity contribution >= 4 is 11.9 Å². The summed E-state index contributed by atoms with van der Waals surface area (Å²) in [5.41, 5.74) is 2.27. The maximum absolute atomic E-state index is 12.1. The lowest BCUT2D eigenvalue weighted by Gasteiger charge is -2.27. The number of carbonyl (C=O) groups excluding carboxylic acids is 1. The Labute approximate surface area is 192 Å². The van der Waals surface area contributed by atoms with Crippen LogP contribution < -0.4 is 15.4 Å². The molecule has 1 amide bonds. The molecule has 3 rings (SSSR count). The van der Waals surface area contributed by atoms with Crippen molar-refractivity contribution in [2.45, 2.75) is 65.5 Å². The summed E-state index contributed by atoms with van der Waals surface area (Å²) < 4.78 is 11.6. The Balaban J connectivity index is 1.56. The van der Waals surface area contributed by atoms with Crippen molar-refractivity contribution in [1.82, 2.24) is 15.5 Å². The van der Waals surface area contributed by atoms with Gasteiger partial charge in [0.15, 0.2) is 5.96 Å². The summed E-state index contributed by atoms with van der Waals surface area (Å²) in [5, 5.41) is 6.78. The molecule has 1 aromatic carbocycles. The first-order valence-electron chi connectivity index (χ1n) is 12.2. The Bertz CT molecular complexity index is 762. The van der Waals surface area contributed by atoms with E-state index in [0.717, 1.165) is 75.8 Å². The predicted molar refractivity (Wildman–Crippen MR) is 128 cm³/mol. The summed E-state index contributed by atoms with van der Waals surface area (Å²) in [4.78, 5) is 18.9. The monoisotopic (exact) mass is 444 g/mol. The third-order valence-electron chi connectivity index (χ3n) is 6.26. The molecule has 2 fully saturated rings. The van der Waals surface area contributed by atoms with Gasteiger partial charge in [-0.25, -0.2) is 4.99 Å². The van der Waals surface area contributed by atoms with E-state index in [-0.39, 0.29) is 0 Å². The highest BCUT2D eigenvalue weighted by molar-refractivity contribution is 5.80. The lowest BCUT2D eigenvalue weighted by Crippen LogP contribution is -2.42. The summed E-state index contributed by atoms with van der Waals surface area (Å²) in [6, 6.07) is 6.61. The third-order valence-corrected chi connectivity index (χ3v) is 6.26. The third kappa shape index (κ3) is 7.12. The van der Waals surface area contributed by atoms with Gasteiger partial charge in [0.25, 0.3) is 0 Å². The maximum atomic E-state index is 12.1. The molecule has 2 aliphatic rings. The summed E-state index contributed by atoms with van der Waals surface area (Å²) >= 11 is 0. The minimum atomic E-state index is 0.300. The number of ether oxygens (including phenoxy) is 2. The van der Waals surface area contributed by atoms with E-state index in [9.17, 15) is 4.79 Å². The van der Waals surface area contributed by atoms with Crippen LogP contribution in [0.2, 0.25) is 0 Å². The zero-order valence-corrected chi connectivity index (χ0v) is 20.0. The molecule has 7 nitrogen and oxygen atoms in total. The number of nitrogens with one attached hydrogen (secondary N) is 2. The molecule has 0 saturated carbocycles.